The number of carbonyl (C=O) groups excluding carboxylic acids is 2. The molecule has 0 spiro atoms. The van der Waals surface area contributed by atoms with Crippen LogP contribution in [0, 0.1) is 0 Å². The molecule has 0 aromatic heterocycles. The number of halogens is 4. The number of allylic oxidation sites excluding steroid dienone is 1. The summed E-state index contributed by atoms with van der Waals surface area (Å²) < 4.78 is 40.4. The smallest absolute Gasteiger partial charge is 0.339 e. The van der Waals surface area contributed by atoms with Crippen LogP contribution in [0.25, 0.3) is 5.57 Å². The van der Waals surface area contributed by atoms with Gasteiger partial charge in [-0.3, -0.25) is 9.59 Å². The largest absolute Gasteiger partial charge is 0.417 e. The van der Waals surface area contributed by atoms with Crippen molar-refractivity contribution in [2.75, 3.05) is 18.4 Å². The van der Waals surface area contributed by atoms with Crippen LogP contribution in [0.2, 0.25) is 5.02 Å². The molecule has 3 rings (SSSR count). The zero-order valence-electron chi connectivity index (χ0n) is 15.3. The molecule has 8 heteroatoms. The minimum Gasteiger partial charge on any atom is -0.339 e. The molecule has 1 aliphatic rings. The van der Waals surface area contributed by atoms with Crippen LogP contribution in [0.3, 0.4) is 0 Å². The van der Waals surface area contributed by atoms with E-state index in [9.17, 15) is 22.8 Å². The van der Waals surface area contributed by atoms with Crippen LogP contribution in [-0.4, -0.2) is 36.0 Å². The van der Waals surface area contributed by atoms with Gasteiger partial charge in [-0.25, -0.2) is 0 Å². The van der Waals surface area contributed by atoms with Gasteiger partial charge in [0.15, 0.2) is 0 Å². The lowest BCUT2D eigenvalue weighted by atomic mass is 10.0. The normalized spacial score (nSPS) is 14.8. The second-order valence-electron chi connectivity index (χ2n) is 6.60. The third-order valence-corrected chi connectivity index (χ3v) is 4.76. The van der Waals surface area contributed by atoms with Crippen molar-refractivity contribution in [3.05, 3.63) is 70.8 Å². The SMILES string of the molecule is O=C(/C=C(\c1ccccc1)C(F)(F)F)Nc1cc(Cl)ccc1C(=O)N1CCCC1. The molecule has 0 unspecified atom stereocenters. The summed E-state index contributed by atoms with van der Waals surface area (Å²) in [6.07, 6.45) is -2.47. The van der Waals surface area contributed by atoms with Crippen LogP contribution in [-0.2, 0) is 4.79 Å². The van der Waals surface area contributed by atoms with Gasteiger partial charge in [-0.15, -0.1) is 0 Å². The molecule has 1 N–H and O–H groups in total. The maximum Gasteiger partial charge on any atom is 0.417 e. The molecule has 152 valence electrons. The van der Waals surface area contributed by atoms with E-state index >= 15 is 0 Å². The molecule has 0 radical (unpaired) electrons. The molecular weight excluding hydrogens is 405 g/mol. The van der Waals surface area contributed by atoms with E-state index in [4.69, 9.17) is 11.6 Å². The fraction of sp³-hybridized carbons (Fsp3) is 0.238. The van der Waals surface area contributed by atoms with E-state index in [1.807, 2.05) is 0 Å². The highest BCUT2D eigenvalue weighted by molar-refractivity contribution is 6.31. The predicted molar refractivity (Wildman–Crippen MR) is 106 cm³/mol. The van der Waals surface area contributed by atoms with Gasteiger partial charge in [0.1, 0.15) is 0 Å². The molecule has 29 heavy (non-hydrogen) atoms. The Morgan fingerprint density at radius 2 is 1.69 bits per heavy atom. The van der Waals surface area contributed by atoms with E-state index in [1.165, 1.54) is 42.5 Å². The van der Waals surface area contributed by atoms with Gasteiger partial charge in [-0.1, -0.05) is 41.9 Å². The number of alkyl halides is 3. The Hall–Kier alpha value is -2.80. The lowest BCUT2D eigenvalue weighted by Crippen LogP contribution is -2.28. The zero-order chi connectivity index (χ0) is 21.0. The molecule has 0 atom stereocenters. The number of nitrogens with zero attached hydrogens (tertiary/aromatic N) is 1. The number of benzene rings is 2. The van der Waals surface area contributed by atoms with Crippen LogP contribution in [0.15, 0.2) is 54.6 Å². The van der Waals surface area contributed by atoms with Crippen molar-refractivity contribution >= 4 is 34.7 Å². The average Bonchev–Trinajstić information content (AvgIpc) is 3.20. The predicted octanol–water partition coefficient (Wildman–Crippen LogP) is 5.16. The number of carbonyl (C=O) groups is 2. The fourth-order valence-corrected chi connectivity index (χ4v) is 3.32. The Morgan fingerprint density at radius 3 is 2.31 bits per heavy atom. The summed E-state index contributed by atoms with van der Waals surface area (Å²) in [4.78, 5) is 26.7. The van der Waals surface area contributed by atoms with Crippen molar-refractivity contribution in [3.8, 4) is 0 Å². The topological polar surface area (TPSA) is 49.4 Å². The molecule has 2 amide bonds. The summed E-state index contributed by atoms with van der Waals surface area (Å²) in [5.41, 5.74) is -0.948. The van der Waals surface area contributed by atoms with E-state index < -0.39 is 17.7 Å². The Labute approximate surface area is 171 Å². The molecule has 1 aliphatic heterocycles. The lowest BCUT2D eigenvalue weighted by molar-refractivity contribution is -0.112. The monoisotopic (exact) mass is 422 g/mol. The minimum atomic E-state index is -4.72. The van der Waals surface area contributed by atoms with E-state index in [0.717, 1.165) is 12.8 Å². The molecular formula is C21H18ClF3N2O2. The fourth-order valence-electron chi connectivity index (χ4n) is 3.14. The third-order valence-electron chi connectivity index (χ3n) is 4.53. The van der Waals surface area contributed by atoms with Gasteiger partial charge in [0, 0.05) is 24.2 Å². The van der Waals surface area contributed by atoms with Crippen molar-refractivity contribution in [2.24, 2.45) is 0 Å². The summed E-state index contributed by atoms with van der Waals surface area (Å²) in [5, 5.41) is 2.63. The number of rotatable bonds is 4. The second-order valence-corrected chi connectivity index (χ2v) is 7.04. The minimum absolute atomic E-state index is 0.0743. The number of anilines is 1. The van der Waals surface area contributed by atoms with Crippen LogP contribution in [0.4, 0.5) is 18.9 Å². The van der Waals surface area contributed by atoms with E-state index in [1.54, 1.807) is 11.0 Å². The number of hydrogen-bond acceptors (Lipinski definition) is 2. The number of likely N-dealkylation sites (tertiary alicyclic amines) is 1. The maximum absolute atomic E-state index is 13.5. The lowest BCUT2D eigenvalue weighted by Gasteiger charge is -2.18. The van der Waals surface area contributed by atoms with Gasteiger partial charge >= 0.3 is 6.18 Å². The highest BCUT2D eigenvalue weighted by Crippen LogP contribution is 2.34. The first-order valence-corrected chi connectivity index (χ1v) is 9.37. The van der Waals surface area contributed by atoms with Crippen molar-refractivity contribution in [3.63, 3.8) is 0 Å². The highest BCUT2D eigenvalue weighted by atomic mass is 35.5. The molecule has 1 heterocycles. The van der Waals surface area contributed by atoms with Crippen molar-refractivity contribution < 1.29 is 22.8 Å². The van der Waals surface area contributed by atoms with Gasteiger partial charge in [-0.2, -0.15) is 13.2 Å². The van der Waals surface area contributed by atoms with Crippen molar-refractivity contribution in [1.82, 2.24) is 4.90 Å². The summed E-state index contributed by atoms with van der Waals surface area (Å²) in [6, 6.07) is 11.4. The van der Waals surface area contributed by atoms with Crippen LogP contribution in [0.1, 0.15) is 28.8 Å². The molecule has 2 aromatic carbocycles. The van der Waals surface area contributed by atoms with Crippen LogP contribution < -0.4 is 5.32 Å². The quantitative estimate of drug-likeness (QED) is 0.692. The first-order chi connectivity index (χ1) is 13.8. The van der Waals surface area contributed by atoms with Crippen molar-refractivity contribution in [2.45, 2.75) is 19.0 Å². The van der Waals surface area contributed by atoms with E-state index in [2.05, 4.69) is 5.32 Å². The van der Waals surface area contributed by atoms with E-state index in [-0.39, 0.29) is 27.7 Å². The number of nitrogens with one attached hydrogen (secondary N) is 1. The molecule has 0 aliphatic carbocycles. The summed E-state index contributed by atoms with van der Waals surface area (Å²) in [5.74, 6) is -1.29. The molecule has 1 fully saturated rings. The Morgan fingerprint density at radius 1 is 1.03 bits per heavy atom. The second kappa shape index (κ2) is 8.69. The number of amides is 2. The van der Waals surface area contributed by atoms with Crippen molar-refractivity contribution in [1.29, 1.82) is 0 Å². The van der Waals surface area contributed by atoms with E-state index in [0.29, 0.717) is 19.2 Å². The summed E-state index contributed by atoms with van der Waals surface area (Å²) in [6.45, 7) is 1.20. The van der Waals surface area contributed by atoms with Gasteiger partial charge in [0.05, 0.1) is 16.8 Å². The Balaban J connectivity index is 1.90. The molecule has 0 bridgehead atoms. The maximum atomic E-state index is 13.5. The van der Waals surface area contributed by atoms with Crippen LogP contribution >= 0.6 is 11.6 Å². The average molecular weight is 423 g/mol. The summed E-state index contributed by atoms with van der Waals surface area (Å²) >= 11 is 5.97. The van der Waals surface area contributed by atoms with Gasteiger partial charge in [0.2, 0.25) is 5.91 Å². The van der Waals surface area contributed by atoms with Crippen LogP contribution in [0.5, 0.6) is 0 Å². The molecule has 4 nitrogen and oxygen atoms in total. The Bertz CT molecular complexity index is 937. The van der Waals surface area contributed by atoms with Gasteiger partial charge < -0.3 is 10.2 Å². The number of hydrogen-bond donors (Lipinski definition) is 1. The third kappa shape index (κ3) is 5.17. The highest BCUT2D eigenvalue weighted by Gasteiger charge is 2.35. The Kier molecular flexibility index (Phi) is 6.27. The standard InChI is InChI=1S/C21H18ClF3N2O2/c22-15-8-9-16(20(29)27-10-4-5-11-27)18(12-15)26-19(28)13-17(21(23,24)25)14-6-2-1-3-7-14/h1-3,6-9,12-13H,4-5,10-11H2,(H,26,28)/b17-13+. The molecule has 1 saturated heterocycles. The van der Waals surface area contributed by atoms with Gasteiger partial charge in [0.25, 0.3) is 5.91 Å². The summed E-state index contributed by atoms with van der Waals surface area (Å²) in [7, 11) is 0. The molecule has 0 saturated carbocycles. The first kappa shape index (κ1) is 20.9. The zero-order valence-corrected chi connectivity index (χ0v) is 16.1. The first-order valence-electron chi connectivity index (χ1n) is 9.00. The van der Waals surface area contributed by atoms with Gasteiger partial charge in [-0.05, 0) is 36.6 Å². The molecule has 2 aromatic rings.